The van der Waals surface area contributed by atoms with Crippen molar-refractivity contribution < 1.29 is 23.1 Å². The van der Waals surface area contributed by atoms with Crippen molar-refractivity contribution in [3.8, 4) is 0 Å². The number of amides is 1. The first-order valence-electron chi connectivity index (χ1n) is 8.40. The van der Waals surface area contributed by atoms with Gasteiger partial charge in [-0.2, -0.15) is 0 Å². The molecule has 1 fully saturated rings. The number of nitrogens with zero attached hydrogens (tertiary/aromatic N) is 1. The van der Waals surface area contributed by atoms with E-state index in [1.165, 1.54) is 4.31 Å². The second-order valence-electron chi connectivity index (χ2n) is 6.21. The smallest absolute Gasteiger partial charge is 0.303 e. The third kappa shape index (κ3) is 6.47. The molecule has 1 aromatic carbocycles. The summed E-state index contributed by atoms with van der Waals surface area (Å²) in [6.45, 7) is 0.632. The summed E-state index contributed by atoms with van der Waals surface area (Å²) in [5.74, 6) is -1.02. The Labute approximate surface area is 148 Å². The Balaban J connectivity index is 1.88. The SMILES string of the molecule is O=C(O)CCC(Cc1ccccc1)NC(=O)CCN1CCCS1(=O)=O. The third-order valence-electron chi connectivity index (χ3n) is 4.19. The van der Waals surface area contributed by atoms with Crippen molar-refractivity contribution in [3.63, 3.8) is 0 Å². The molecular weight excluding hydrogens is 344 g/mol. The summed E-state index contributed by atoms with van der Waals surface area (Å²) < 4.78 is 24.8. The van der Waals surface area contributed by atoms with Crippen LogP contribution in [0.25, 0.3) is 0 Å². The fourth-order valence-corrected chi connectivity index (χ4v) is 4.42. The highest BCUT2D eigenvalue weighted by atomic mass is 32.2. The van der Waals surface area contributed by atoms with Crippen LogP contribution in [0.2, 0.25) is 0 Å². The maximum Gasteiger partial charge on any atom is 0.303 e. The number of rotatable bonds is 9. The second-order valence-corrected chi connectivity index (χ2v) is 8.29. The van der Waals surface area contributed by atoms with Crippen molar-refractivity contribution in [1.82, 2.24) is 9.62 Å². The summed E-state index contributed by atoms with van der Waals surface area (Å²) in [6.07, 6.45) is 1.52. The number of hydrogen-bond acceptors (Lipinski definition) is 4. The Kier molecular flexibility index (Phi) is 6.95. The van der Waals surface area contributed by atoms with E-state index >= 15 is 0 Å². The van der Waals surface area contributed by atoms with E-state index in [0.717, 1.165) is 5.56 Å². The molecule has 1 aliphatic rings. The van der Waals surface area contributed by atoms with Crippen molar-refractivity contribution in [2.75, 3.05) is 18.8 Å². The average Bonchev–Trinajstić information content (AvgIpc) is 2.90. The fraction of sp³-hybridized carbons (Fsp3) is 0.529. The van der Waals surface area contributed by atoms with Gasteiger partial charge in [0.1, 0.15) is 0 Å². The Hall–Kier alpha value is -1.93. The molecule has 25 heavy (non-hydrogen) atoms. The maximum atomic E-state index is 12.2. The minimum Gasteiger partial charge on any atom is -0.481 e. The molecule has 8 heteroatoms. The summed E-state index contributed by atoms with van der Waals surface area (Å²) in [5, 5.41) is 11.7. The molecule has 1 atom stereocenters. The number of carbonyl (C=O) groups is 2. The van der Waals surface area contributed by atoms with E-state index in [0.29, 0.717) is 25.8 Å². The molecular formula is C17H24N2O5S. The molecule has 2 rings (SSSR count). The first kappa shape index (κ1) is 19.4. The lowest BCUT2D eigenvalue weighted by Crippen LogP contribution is -2.39. The molecule has 0 bridgehead atoms. The molecule has 1 unspecified atom stereocenters. The molecule has 0 spiro atoms. The quantitative estimate of drug-likeness (QED) is 0.677. The summed E-state index contributed by atoms with van der Waals surface area (Å²) in [6, 6.07) is 9.24. The van der Waals surface area contributed by atoms with E-state index in [4.69, 9.17) is 5.11 Å². The van der Waals surface area contributed by atoms with Crippen molar-refractivity contribution in [1.29, 1.82) is 0 Å². The van der Waals surface area contributed by atoms with Crippen LogP contribution in [0.3, 0.4) is 0 Å². The van der Waals surface area contributed by atoms with E-state index < -0.39 is 16.0 Å². The van der Waals surface area contributed by atoms with Gasteiger partial charge in [-0.1, -0.05) is 30.3 Å². The fourth-order valence-electron chi connectivity index (χ4n) is 2.89. The molecule has 0 saturated carbocycles. The molecule has 1 heterocycles. The molecule has 1 amide bonds. The van der Waals surface area contributed by atoms with Gasteiger partial charge in [0.05, 0.1) is 5.75 Å². The topological polar surface area (TPSA) is 104 Å². The number of carbonyl (C=O) groups excluding carboxylic acids is 1. The number of sulfonamides is 1. The lowest BCUT2D eigenvalue weighted by atomic mass is 10.0. The van der Waals surface area contributed by atoms with Gasteiger partial charge in [0.15, 0.2) is 0 Å². The minimum atomic E-state index is -3.21. The van der Waals surface area contributed by atoms with Crippen LogP contribution in [-0.2, 0) is 26.0 Å². The first-order valence-corrected chi connectivity index (χ1v) is 10.0. The Morgan fingerprint density at radius 1 is 1.20 bits per heavy atom. The summed E-state index contributed by atoms with van der Waals surface area (Å²) in [7, 11) is -3.21. The summed E-state index contributed by atoms with van der Waals surface area (Å²) in [5.41, 5.74) is 1.01. The number of carboxylic acid groups (broad SMARTS) is 1. The van der Waals surface area contributed by atoms with Crippen molar-refractivity contribution >= 4 is 21.9 Å². The van der Waals surface area contributed by atoms with E-state index in [1.54, 1.807) is 0 Å². The van der Waals surface area contributed by atoms with Gasteiger partial charge in [0, 0.05) is 32.0 Å². The van der Waals surface area contributed by atoms with Gasteiger partial charge >= 0.3 is 5.97 Å². The molecule has 0 radical (unpaired) electrons. The number of benzene rings is 1. The van der Waals surface area contributed by atoms with E-state index in [9.17, 15) is 18.0 Å². The standard InChI is InChI=1S/C17H24N2O5S/c20-16(9-11-19-10-4-12-25(19,23)24)18-15(7-8-17(21)22)13-14-5-2-1-3-6-14/h1-3,5-6,15H,4,7-13H2,(H,18,20)(H,21,22). The van der Waals surface area contributed by atoms with Gasteiger partial charge in [0.2, 0.25) is 15.9 Å². The second kappa shape index (κ2) is 8.96. The van der Waals surface area contributed by atoms with Crippen LogP contribution in [0.4, 0.5) is 0 Å². The van der Waals surface area contributed by atoms with Crippen LogP contribution >= 0.6 is 0 Å². The zero-order chi connectivity index (χ0) is 18.3. The summed E-state index contributed by atoms with van der Waals surface area (Å²) >= 11 is 0. The van der Waals surface area contributed by atoms with Crippen LogP contribution in [0.15, 0.2) is 30.3 Å². The van der Waals surface area contributed by atoms with Crippen LogP contribution < -0.4 is 5.32 Å². The number of nitrogens with one attached hydrogen (secondary N) is 1. The monoisotopic (exact) mass is 368 g/mol. The summed E-state index contributed by atoms with van der Waals surface area (Å²) in [4.78, 5) is 23.0. The zero-order valence-electron chi connectivity index (χ0n) is 14.1. The minimum absolute atomic E-state index is 0.0295. The third-order valence-corrected chi connectivity index (χ3v) is 6.14. The molecule has 0 aliphatic carbocycles. The highest BCUT2D eigenvalue weighted by molar-refractivity contribution is 7.89. The van der Waals surface area contributed by atoms with E-state index in [1.807, 2.05) is 30.3 Å². The molecule has 2 N–H and O–H groups in total. The molecule has 1 aliphatic heterocycles. The predicted octanol–water partition coefficient (Wildman–Crippen LogP) is 1.00. The average molecular weight is 368 g/mol. The largest absolute Gasteiger partial charge is 0.481 e. The molecule has 7 nitrogen and oxygen atoms in total. The van der Waals surface area contributed by atoms with Crippen molar-refractivity contribution in [2.45, 2.75) is 38.1 Å². The molecule has 1 saturated heterocycles. The molecule has 1 aromatic rings. The molecule has 138 valence electrons. The van der Waals surface area contributed by atoms with Crippen LogP contribution in [0.1, 0.15) is 31.2 Å². The van der Waals surface area contributed by atoms with Gasteiger partial charge in [-0.25, -0.2) is 12.7 Å². The van der Waals surface area contributed by atoms with Crippen LogP contribution in [0, 0.1) is 0 Å². The first-order chi connectivity index (χ1) is 11.9. The van der Waals surface area contributed by atoms with Crippen LogP contribution in [0.5, 0.6) is 0 Å². The van der Waals surface area contributed by atoms with E-state index in [-0.39, 0.29) is 37.1 Å². The van der Waals surface area contributed by atoms with Gasteiger partial charge in [-0.15, -0.1) is 0 Å². The highest BCUT2D eigenvalue weighted by Crippen LogP contribution is 2.14. The molecule has 0 aromatic heterocycles. The van der Waals surface area contributed by atoms with Gasteiger partial charge in [0.25, 0.3) is 0 Å². The van der Waals surface area contributed by atoms with E-state index in [2.05, 4.69) is 5.32 Å². The highest BCUT2D eigenvalue weighted by Gasteiger charge is 2.28. The van der Waals surface area contributed by atoms with Gasteiger partial charge in [-0.05, 0) is 24.8 Å². The lowest BCUT2D eigenvalue weighted by molar-refractivity contribution is -0.137. The normalized spacial score (nSPS) is 17.9. The predicted molar refractivity (Wildman–Crippen MR) is 93.5 cm³/mol. The number of aliphatic carboxylic acids is 1. The van der Waals surface area contributed by atoms with Crippen LogP contribution in [-0.4, -0.2) is 54.6 Å². The Morgan fingerprint density at radius 2 is 1.92 bits per heavy atom. The lowest BCUT2D eigenvalue weighted by Gasteiger charge is -2.19. The van der Waals surface area contributed by atoms with Gasteiger partial charge < -0.3 is 10.4 Å². The number of carboxylic acids is 1. The maximum absolute atomic E-state index is 12.2. The van der Waals surface area contributed by atoms with Crippen molar-refractivity contribution in [3.05, 3.63) is 35.9 Å². The zero-order valence-corrected chi connectivity index (χ0v) is 14.9. The number of hydrogen-bond donors (Lipinski definition) is 2. The van der Waals surface area contributed by atoms with Crippen molar-refractivity contribution in [2.24, 2.45) is 0 Å². The Bertz CT molecular complexity index is 690. The Morgan fingerprint density at radius 3 is 2.52 bits per heavy atom. The van der Waals surface area contributed by atoms with Gasteiger partial charge in [-0.3, -0.25) is 9.59 Å².